The van der Waals surface area contributed by atoms with Crippen LogP contribution in [0.15, 0.2) is 48.8 Å². The summed E-state index contributed by atoms with van der Waals surface area (Å²) in [5.41, 5.74) is 2.49. The highest BCUT2D eigenvalue weighted by Crippen LogP contribution is 2.36. The molecule has 9 heteroatoms. The van der Waals surface area contributed by atoms with Crippen LogP contribution < -0.4 is 0 Å². The quantitative estimate of drug-likeness (QED) is 0.245. The number of nitrogens with one attached hydrogen (secondary N) is 1. The van der Waals surface area contributed by atoms with Crippen LogP contribution in [0.2, 0.25) is 25.7 Å². The lowest BCUT2D eigenvalue weighted by Gasteiger charge is -2.18. The molecule has 0 saturated heterocycles. The van der Waals surface area contributed by atoms with E-state index >= 15 is 0 Å². The number of carboxylic acids is 1. The molecule has 0 unspecified atom stereocenters. The van der Waals surface area contributed by atoms with E-state index in [-0.39, 0.29) is 23.6 Å². The van der Waals surface area contributed by atoms with Gasteiger partial charge in [-0.25, -0.2) is 18.6 Å². The average Bonchev–Trinajstić information content (AvgIpc) is 3.37. The van der Waals surface area contributed by atoms with Gasteiger partial charge in [-0.1, -0.05) is 19.6 Å². The molecule has 6 nitrogen and oxygen atoms in total. The number of aromatic amines is 1. The van der Waals surface area contributed by atoms with Gasteiger partial charge in [0.15, 0.2) is 11.6 Å². The summed E-state index contributed by atoms with van der Waals surface area (Å²) in [6, 6.07) is 9.52. The number of carbonyl (C=O) groups is 1. The molecule has 1 aromatic carbocycles. The second-order valence-electron chi connectivity index (χ2n) is 9.10. The average molecular weight is 470 g/mol. The van der Waals surface area contributed by atoms with Gasteiger partial charge >= 0.3 is 5.97 Å². The Morgan fingerprint density at radius 2 is 1.94 bits per heavy atom. The lowest BCUT2D eigenvalue weighted by atomic mass is 10.1. The number of H-pyrrole nitrogens is 1. The van der Waals surface area contributed by atoms with Crippen LogP contribution in [-0.4, -0.2) is 40.3 Å². The van der Waals surface area contributed by atoms with E-state index in [2.05, 4.69) is 29.6 Å². The number of carboxylic acid groups (broad SMARTS) is 1. The molecular formula is C24H25F2N3O3Si. The van der Waals surface area contributed by atoms with Gasteiger partial charge in [0.05, 0.1) is 17.0 Å². The maximum atomic E-state index is 14.1. The van der Waals surface area contributed by atoms with Crippen molar-refractivity contribution in [3.05, 3.63) is 66.0 Å². The largest absolute Gasteiger partial charge is 0.478 e. The highest BCUT2D eigenvalue weighted by atomic mass is 28.3. The van der Waals surface area contributed by atoms with Gasteiger partial charge in [0.1, 0.15) is 12.4 Å². The van der Waals surface area contributed by atoms with Gasteiger partial charge in [-0.2, -0.15) is 0 Å². The van der Waals surface area contributed by atoms with E-state index in [4.69, 9.17) is 4.74 Å². The maximum absolute atomic E-state index is 14.1. The molecule has 2 N–H and O–H groups in total. The fraction of sp³-hybridized carbons (Fsp3) is 0.250. The first-order chi connectivity index (χ1) is 15.7. The predicted molar refractivity (Wildman–Crippen MR) is 126 cm³/mol. The number of halogens is 2. The number of aromatic nitrogens is 3. The van der Waals surface area contributed by atoms with Crippen molar-refractivity contribution in [1.82, 2.24) is 14.5 Å². The van der Waals surface area contributed by atoms with Crippen LogP contribution >= 0.6 is 0 Å². The minimum atomic E-state index is -1.34. The summed E-state index contributed by atoms with van der Waals surface area (Å²) in [5, 5.41) is 10.8. The Bertz CT molecular complexity index is 1320. The summed E-state index contributed by atoms with van der Waals surface area (Å²) in [5.74, 6) is -3.21. The Morgan fingerprint density at radius 1 is 1.15 bits per heavy atom. The molecular weight excluding hydrogens is 444 g/mol. The summed E-state index contributed by atoms with van der Waals surface area (Å²) in [7, 11) is -1.34. The topological polar surface area (TPSA) is 80.1 Å². The number of rotatable bonds is 8. The third kappa shape index (κ3) is 4.74. The van der Waals surface area contributed by atoms with Crippen molar-refractivity contribution >= 4 is 25.1 Å². The Labute approximate surface area is 190 Å². The molecule has 0 aliphatic carbocycles. The van der Waals surface area contributed by atoms with Crippen LogP contribution in [0.4, 0.5) is 8.78 Å². The molecule has 4 rings (SSSR count). The zero-order chi connectivity index (χ0) is 23.8. The molecule has 0 atom stereocenters. The van der Waals surface area contributed by atoms with Crippen LogP contribution in [0.5, 0.6) is 0 Å². The number of benzene rings is 1. The van der Waals surface area contributed by atoms with Crippen molar-refractivity contribution < 1.29 is 23.4 Å². The third-order valence-corrected chi connectivity index (χ3v) is 7.18. The minimum absolute atomic E-state index is 0.0229. The lowest BCUT2D eigenvalue weighted by Crippen LogP contribution is -2.22. The van der Waals surface area contributed by atoms with E-state index in [1.54, 1.807) is 29.1 Å². The zero-order valence-electron chi connectivity index (χ0n) is 18.7. The molecule has 0 saturated carbocycles. The summed E-state index contributed by atoms with van der Waals surface area (Å²) >= 11 is 0. The molecule has 0 aliphatic rings. The first-order valence-corrected chi connectivity index (χ1v) is 14.3. The molecule has 0 bridgehead atoms. The van der Waals surface area contributed by atoms with Crippen molar-refractivity contribution in [2.45, 2.75) is 32.4 Å². The second kappa shape index (κ2) is 8.91. The van der Waals surface area contributed by atoms with Crippen molar-refractivity contribution in [2.24, 2.45) is 0 Å². The van der Waals surface area contributed by atoms with Gasteiger partial charge < -0.3 is 19.4 Å². The van der Waals surface area contributed by atoms with E-state index in [0.717, 1.165) is 29.1 Å². The third-order valence-electron chi connectivity index (χ3n) is 5.47. The van der Waals surface area contributed by atoms with Crippen molar-refractivity contribution in [3.8, 4) is 22.5 Å². The number of pyridine rings is 1. The normalized spacial score (nSPS) is 11.9. The molecule has 3 aromatic heterocycles. The standard InChI is InChI=1S/C24H25F2N3O3Si/c1-33(2,3)11-10-32-14-29-21(16-6-8-27-23-17(16)7-9-28-23)13-18(24(30)31)22(29)15-4-5-19(25)20(26)12-15/h4-9,12-13H,10-11,14H2,1-3H3,(H,27,28)(H,30,31). The van der Waals surface area contributed by atoms with Crippen LogP contribution in [0.25, 0.3) is 33.5 Å². The number of fused-ring (bicyclic) bond motifs is 1. The van der Waals surface area contributed by atoms with Crippen molar-refractivity contribution in [2.75, 3.05) is 6.61 Å². The smallest absolute Gasteiger partial charge is 0.337 e. The van der Waals surface area contributed by atoms with E-state index < -0.39 is 25.7 Å². The van der Waals surface area contributed by atoms with Crippen LogP contribution in [-0.2, 0) is 11.5 Å². The Morgan fingerprint density at radius 3 is 2.64 bits per heavy atom. The molecule has 33 heavy (non-hydrogen) atoms. The SMILES string of the molecule is C[Si](C)(C)CCOCn1c(-c2ccnc3[nH]ccc23)cc(C(=O)O)c1-c1ccc(F)c(F)c1. The minimum Gasteiger partial charge on any atom is -0.478 e. The van der Waals surface area contributed by atoms with Gasteiger partial charge in [-0.3, -0.25) is 0 Å². The fourth-order valence-electron chi connectivity index (χ4n) is 3.74. The first kappa shape index (κ1) is 22.9. The molecule has 0 radical (unpaired) electrons. The number of hydrogen-bond donors (Lipinski definition) is 2. The first-order valence-electron chi connectivity index (χ1n) is 10.6. The van der Waals surface area contributed by atoms with E-state index in [0.29, 0.717) is 17.9 Å². The number of hydrogen-bond acceptors (Lipinski definition) is 3. The summed E-state index contributed by atoms with van der Waals surface area (Å²) in [4.78, 5) is 19.5. The Hall–Kier alpha value is -3.30. The highest BCUT2D eigenvalue weighted by Gasteiger charge is 2.24. The molecule has 0 aliphatic heterocycles. The summed E-state index contributed by atoms with van der Waals surface area (Å²) in [6.07, 6.45) is 3.39. The van der Waals surface area contributed by atoms with Gasteiger partial charge in [0, 0.05) is 43.6 Å². The van der Waals surface area contributed by atoms with E-state index in [9.17, 15) is 18.7 Å². The van der Waals surface area contributed by atoms with Crippen molar-refractivity contribution in [3.63, 3.8) is 0 Å². The summed E-state index contributed by atoms with van der Waals surface area (Å²) < 4.78 is 35.4. The Kier molecular flexibility index (Phi) is 6.18. The Balaban J connectivity index is 1.89. The van der Waals surface area contributed by atoms with Crippen LogP contribution in [0.3, 0.4) is 0 Å². The number of ether oxygens (including phenoxy) is 1. The maximum Gasteiger partial charge on any atom is 0.337 e. The highest BCUT2D eigenvalue weighted by molar-refractivity contribution is 6.76. The van der Waals surface area contributed by atoms with E-state index in [1.807, 2.05) is 6.07 Å². The van der Waals surface area contributed by atoms with Crippen LogP contribution in [0, 0.1) is 11.6 Å². The number of aromatic carboxylic acids is 1. The molecule has 172 valence electrons. The molecule has 3 heterocycles. The molecule has 4 aromatic rings. The van der Waals surface area contributed by atoms with Crippen molar-refractivity contribution in [1.29, 1.82) is 0 Å². The van der Waals surface area contributed by atoms with Gasteiger partial charge in [0.25, 0.3) is 0 Å². The molecule has 0 amide bonds. The molecule has 0 spiro atoms. The second-order valence-corrected chi connectivity index (χ2v) is 14.7. The predicted octanol–water partition coefficient (Wildman–Crippen LogP) is 5.99. The van der Waals surface area contributed by atoms with Gasteiger partial charge in [-0.15, -0.1) is 0 Å². The summed E-state index contributed by atoms with van der Waals surface area (Å²) in [6.45, 7) is 7.31. The monoisotopic (exact) mass is 469 g/mol. The van der Waals surface area contributed by atoms with Gasteiger partial charge in [-0.05, 0) is 42.4 Å². The van der Waals surface area contributed by atoms with Crippen LogP contribution in [0.1, 0.15) is 10.4 Å². The molecule has 0 fully saturated rings. The lowest BCUT2D eigenvalue weighted by molar-refractivity contribution is 0.0696. The van der Waals surface area contributed by atoms with Gasteiger partial charge in [0.2, 0.25) is 0 Å². The van der Waals surface area contributed by atoms with E-state index in [1.165, 1.54) is 6.07 Å². The fourth-order valence-corrected chi connectivity index (χ4v) is 4.50. The zero-order valence-corrected chi connectivity index (χ0v) is 19.7. The number of nitrogens with zero attached hydrogens (tertiary/aromatic N) is 2.